The molecule has 0 aliphatic carbocycles. The number of aromatic nitrogens is 2. The van der Waals surface area contributed by atoms with Crippen molar-refractivity contribution in [3.8, 4) is 0 Å². The van der Waals surface area contributed by atoms with Crippen molar-refractivity contribution >= 4 is 11.8 Å². The SMILES string of the molecule is OC(CNc1ccnc(N2CCOCC2)n1)c1ccc(C(F)(F)F)cc1. The van der Waals surface area contributed by atoms with Crippen LogP contribution in [0.4, 0.5) is 24.9 Å². The summed E-state index contributed by atoms with van der Waals surface area (Å²) in [5.74, 6) is 1.11. The van der Waals surface area contributed by atoms with Crippen LogP contribution >= 0.6 is 0 Å². The number of morpholine rings is 1. The van der Waals surface area contributed by atoms with Crippen molar-refractivity contribution in [3.05, 3.63) is 47.7 Å². The van der Waals surface area contributed by atoms with E-state index in [-0.39, 0.29) is 6.54 Å². The molecule has 1 aromatic heterocycles. The number of alkyl halides is 3. The van der Waals surface area contributed by atoms with Gasteiger partial charge in [0.1, 0.15) is 5.82 Å². The summed E-state index contributed by atoms with van der Waals surface area (Å²) in [6, 6.07) is 6.13. The molecule has 0 spiro atoms. The Balaban J connectivity index is 1.59. The highest BCUT2D eigenvalue weighted by Gasteiger charge is 2.30. The van der Waals surface area contributed by atoms with Gasteiger partial charge in [-0.1, -0.05) is 12.1 Å². The van der Waals surface area contributed by atoms with Crippen molar-refractivity contribution in [2.45, 2.75) is 12.3 Å². The molecule has 1 saturated heterocycles. The lowest BCUT2D eigenvalue weighted by molar-refractivity contribution is -0.137. The monoisotopic (exact) mass is 368 g/mol. The second-order valence-electron chi connectivity index (χ2n) is 5.86. The number of halogens is 3. The number of aliphatic hydroxyl groups is 1. The van der Waals surface area contributed by atoms with Gasteiger partial charge in [-0.15, -0.1) is 0 Å². The first kappa shape index (κ1) is 18.4. The minimum atomic E-state index is -4.39. The second-order valence-corrected chi connectivity index (χ2v) is 5.86. The Morgan fingerprint density at radius 1 is 1.15 bits per heavy atom. The normalized spacial score (nSPS) is 16.4. The molecule has 0 radical (unpaired) electrons. The Labute approximate surface area is 148 Å². The van der Waals surface area contributed by atoms with Crippen molar-refractivity contribution in [3.63, 3.8) is 0 Å². The van der Waals surface area contributed by atoms with Gasteiger partial charge in [0.05, 0.1) is 24.9 Å². The van der Waals surface area contributed by atoms with Crippen LogP contribution in [0.2, 0.25) is 0 Å². The van der Waals surface area contributed by atoms with Crippen LogP contribution in [-0.2, 0) is 10.9 Å². The molecule has 1 fully saturated rings. The highest BCUT2D eigenvalue weighted by atomic mass is 19.4. The molecule has 1 aliphatic heterocycles. The third-order valence-electron chi connectivity index (χ3n) is 4.04. The van der Waals surface area contributed by atoms with Gasteiger partial charge in [0.2, 0.25) is 5.95 Å². The zero-order valence-electron chi connectivity index (χ0n) is 13.9. The maximum absolute atomic E-state index is 12.6. The van der Waals surface area contributed by atoms with Gasteiger partial charge in [0.15, 0.2) is 0 Å². The second kappa shape index (κ2) is 7.88. The Kier molecular flexibility index (Phi) is 5.58. The molecule has 6 nitrogen and oxygen atoms in total. The van der Waals surface area contributed by atoms with Gasteiger partial charge in [-0.3, -0.25) is 0 Å². The predicted octanol–water partition coefficient (Wildman–Crippen LogP) is 2.48. The molecule has 1 aromatic carbocycles. The molecule has 26 heavy (non-hydrogen) atoms. The van der Waals surface area contributed by atoms with E-state index < -0.39 is 17.8 Å². The molecule has 1 atom stereocenters. The highest BCUT2D eigenvalue weighted by molar-refractivity contribution is 5.42. The van der Waals surface area contributed by atoms with E-state index in [1.165, 1.54) is 12.1 Å². The Hall–Kier alpha value is -2.39. The molecule has 0 bridgehead atoms. The summed E-state index contributed by atoms with van der Waals surface area (Å²) < 4.78 is 43.0. The summed E-state index contributed by atoms with van der Waals surface area (Å²) in [5, 5.41) is 13.2. The van der Waals surface area contributed by atoms with Crippen molar-refractivity contribution in [1.29, 1.82) is 0 Å². The standard InChI is InChI=1S/C17H19F3N4O2/c18-17(19,20)13-3-1-12(2-4-13)14(25)11-22-15-5-6-21-16(23-15)24-7-9-26-10-8-24/h1-6,14,25H,7-11H2,(H,21,22,23). The average Bonchev–Trinajstić information content (AvgIpc) is 2.66. The molecular formula is C17H19F3N4O2. The van der Waals surface area contributed by atoms with Crippen LogP contribution in [0.5, 0.6) is 0 Å². The van der Waals surface area contributed by atoms with Crippen LogP contribution in [0, 0.1) is 0 Å². The molecule has 9 heteroatoms. The quantitative estimate of drug-likeness (QED) is 0.845. The smallest absolute Gasteiger partial charge is 0.387 e. The number of anilines is 2. The fourth-order valence-electron chi connectivity index (χ4n) is 2.58. The van der Waals surface area contributed by atoms with E-state index in [4.69, 9.17) is 4.74 Å². The number of benzene rings is 1. The molecule has 3 rings (SSSR count). The first-order valence-corrected chi connectivity index (χ1v) is 8.18. The number of ether oxygens (including phenoxy) is 1. The lowest BCUT2D eigenvalue weighted by Crippen LogP contribution is -2.37. The van der Waals surface area contributed by atoms with Crippen molar-refractivity contribution < 1.29 is 23.0 Å². The van der Waals surface area contributed by atoms with Crippen LogP contribution < -0.4 is 10.2 Å². The summed E-state index contributed by atoms with van der Waals surface area (Å²) in [5.41, 5.74) is -0.347. The molecule has 0 amide bonds. The van der Waals surface area contributed by atoms with Gasteiger partial charge in [-0.25, -0.2) is 4.98 Å². The van der Waals surface area contributed by atoms with Gasteiger partial charge in [-0.2, -0.15) is 18.2 Å². The van der Waals surface area contributed by atoms with Gasteiger partial charge < -0.3 is 20.1 Å². The molecular weight excluding hydrogens is 349 g/mol. The molecule has 2 aromatic rings. The molecule has 1 aliphatic rings. The molecule has 140 valence electrons. The molecule has 0 saturated carbocycles. The first-order chi connectivity index (χ1) is 12.4. The zero-order valence-corrected chi connectivity index (χ0v) is 13.9. The molecule has 2 heterocycles. The van der Waals surface area contributed by atoms with Crippen molar-refractivity contribution in [2.75, 3.05) is 43.1 Å². The number of aliphatic hydroxyl groups excluding tert-OH is 1. The average molecular weight is 368 g/mol. The van der Waals surface area contributed by atoms with E-state index in [2.05, 4.69) is 15.3 Å². The van der Waals surface area contributed by atoms with E-state index in [1.54, 1.807) is 12.3 Å². The number of hydrogen-bond acceptors (Lipinski definition) is 6. The van der Waals surface area contributed by atoms with Gasteiger partial charge in [0, 0.05) is 25.8 Å². The summed E-state index contributed by atoms with van der Waals surface area (Å²) in [6.45, 7) is 2.77. The van der Waals surface area contributed by atoms with E-state index in [1.807, 2.05) is 4.90 Å². The van der Waals surface area contributed by atoms with Gasteiger partial charge >= 0.3 is 6.18 Å². The summed E-state index contributed by atoms with van der Waals surface area (Å²) >= 11 is 0. The van der Waals surface area contributed by atoms with Crippen LogP contribution in [-0.4, -0.2) is 47.9 Å². The maximum Gasteiger partial charge on any atom is 0.416 e. The topological polar surface area (TPSA) is 70.5 Å². The lowest BCUT2D eigenvalue weighted by atomic mass is 10.1. The minimum absolute atomic E-state index is 0.116. The Morgan fingerprint density at radius 3 is 2.50 bits per heavy atom. The molecule has 2 N–H and O–H groups in total. The van der Waals surface area contributed by atoms with E-state index in [0.29, 0.717) is 43.6 Å². The maximum atomic E-state index is 12.6. The predicted molar refractivity (Wildman–Crippen MR) is 90.0 cm³/mol. The van der Waals surface area contributed by atoms with Crippen molar-refractivity contribution in [1.82, 2.24) is 9.97 Å². The number of rotatable bonds is 5. The van der Waals surface area contributed by atoms with E-state index in [0.717, 1.165) is 12.1 Å². The van der Waals surface area contributed by atoms with Crippen LogP contribution in [0.15, 0.2) is 36.5 Å². The Morgan fingerprint density at radius 2 is 1.85 bits per heavy atom. The summed E-state index contributed by atoms with van der Waals surface area (Å²) in [6.07, 6.45) is -3.73. The minimum Gasteiger partial charge on any atom is -0.387 e. The van der Waals surface area contributed by atoms with Gasteiger partial charge in [-0.05, 0) is 23.8 Å². The van der Waals surface area contributed by atoms with Crippen LogP contribution in [0.25, 0.3) is 0 Å². The largest absolute Gasteiger partial charge is 0.416 e. The highest BCUT2D eigenvalue weighted by Crippen LogP contribution is 2.30. The summed E-state index contributed by atoms with van der Waals surface area (Å²) in [4.78, 5) is 10.6. The zero-order chi connectivity index (χ0) is 18.6. The summed E-state index contributed by atoms with van der Waals surface area (Å²) in [7, 11) is 0. The van der Waals surface area contributed by atoms with Crippen LogP contribution in [0.3, 0.4) is 0 Å². The Bertz CT molecular complexity index is 719. The fraction of sp³-hybridized carbons (Fsp3) is 0.412. The van der Waals surface area contributed by atoms with Gasteiger partial charge in [0.25, 0.3) is 0 Å². The number of nitrogens with one attached hydrogen (secondary N) is 1. The lowest BCUT2D eigenvalue weighted by Gasteiger charge is -2.26. The third-order valence-corrected chi connectivity index (χ3v) is 4.04. The fourth-order valence-corrected chi connectivity index (χ4v) is 2.58. The first-order valence-electron chi connectivity index (χ1n) is 8.18. The molecule has 1 unspecified atom stereocenters. The van der Waals surface area contributed by atoms with E-state index in [9.17, 15) is 18.3 Å². The number of nitrogens with zero attached hydrogens (tertiary/aromatic N) is 3. The van der Waals surface area contributed by atoms with Crippen LogP contribution in [0.1, 0.15) is 17.2 Å². The number of hydrogen-bond donors (Lipinski definition) is 2. The van der Waals surface area contributed by atoms with Crippen molar-refractivity contribution in [2.24, 2.45) is 0 Å². The third kappa shape index (κ3) is 4.61. The van der Waals surface area contributed by atoms with E-state index >= 15 is 0 Å².